The summed E-state index contributed by atoms with van der Waals surface area (Å²) >= 11 is 16.7. The van der Waals surface area contributed by atoms with E-state index in [0.29, 0.717) is 5.02 Å². The second-order valence-electron chi connectivity index (χ2n) is 3.93. The van der Waals surface area contributed by atoms with Crippen LogP contribution in [0.25, 0.3) is 0 Å². The van der Waals surface area contributed by atoms with Gasteiger partial charge in [-0.3, -0.25) is 0 Å². The Morgan fingerprint density at radius 1 is 1.00 bits per heavy atom. The summed E-state index contributed by atoms with van der Waals surface area (Å²) in [7, 11) is 1.65. The molecule has 100 valence electrons. The van der Waals surface area contributed by atoms with Crippen molar-refractivity contribution < 1.29 is 4.74 Å². The van der Waals surface area contributed by atoms with E-state index in [9.17, 15) is 0 Å². The van der Waals surface area contributed by atoms with E-state index >= 15 is 0 Å². The molecule has 0 aliphatic heterocycles. The van der Waals surface area contributed by atoms with Gasteiger partial charge in [-0.05, 0) is 67.3 Å². The third-order valence-corrected chi connectivity index (χ3v) is 5.60. The second kappa shape index (κ2) is 6.61. The molecule has 1 atom stereocenters. The monoisotopic (exact) mass is 466 g/mol. The molecule has 0 saturated carbocycles. The van der Waals surface area contributed by atoms with E-state index in [1.165, 1.54) is 0 Å². The van der Waals surface area contributed by atoms with Gasteiger partial charge < -0.3 is 4.74 Å². The molecule has 0 fully saturated rings. The molecule has 0 radical (unpaired) electrons. The average Bonchev–Trinajstić information content (AvgIpc) is 2.41. The molecule has 0 amide bonds. The van der Waals surface area contributed by atoms with Crippen LogP contribution in [-0.2, 0) is 0 Å². The van der Waals surface area contributed by atoms with E-state index < -0.39 is 0 Å². The third kappa shape index (κ3) is 3.54. The maximum Gasteiger partial charge on any atom is 0.133 e. The van der Waals surface area contributed by atoms with Crippen LogP contribution in [-0.4, -0.2) is 7.11 Å². The first kappa shape index (κ1) is 15.4. The lowest BCUT2D eigenvalue weighted by Crippen LogP contribution is -1.94. The number of ether oxygens (including phenoxy) is 1. The summed E-state index contributed by atoms with van der Waals surface area (Å²) in [4.78, 5) is 0.100. The number of benzene rings is 2. The van der Waals surface area contributed by atoms with Crippen molar-refractivity contribution in [1.29, 1.82) is 0 Å². The Balaban J connectivity index is 2.35. The van der Waals surface area contributed by atoms with Crippen LogP contribution in [0.2, 0.25) is 5.02 Å². The molecule has 0 heterocycles. The first-order chi connectivity index (χ1) is 9.02. The van der Waals surface area contributed by atoms with E-state index in [0.717, 1.165) is 25.8 Å². The van der Waals surface area contributed by atoms with Crippen molar-refractivity contribution in [3.63, 3.8) is 0 Å². The van der Waals surface area contributed by atoms with Gasteiger partial charge in [0.2, 0.25) is 0 Å². The van der Waals surface area contributed by atoms with Crippen LogP contribution in [0.4, 0.5) is 0 Å². The average molecular weight is 469 g/mol. The predicted octanol–water partition coefficient (Wildman–Crippen LogP) is 6.36. The summed E-state index contributed by atoms with van der Waals surface area (Å²) in [6.45, 7) is 0. The summed E-state index contributed by atoms with van der Waals surface area (Å²) in [6, 6.07) is 11.9. The molecule has 0 aliphatic carbocycles. The Labute approximate surface area is 142 Å². The summed E-state index contributed by atoms with van der Waals surface area (Å²) in [5.41, 5.74) is 2.27. The van der Waals surface area contributed by atoms with Gasteiger partial charge in [0, 0.05) is 4.47 Å². The van der Waals surface area contributed by atoms with Gasteiger partial charge in [-0.2, -0.15) is 0 Å². The topological polar surface area (TPSA) is 9.23 Å². The molecule has 1 nitrogen and oxygen atoms in total. The van der Waals surface area contributed by atoms with Gasteiger partial charge in [0.1, 0.15) is 5.75 Å². The normalized spacial score (nSPS) is 12.3. The van der Waals surface area contributed by atoms with Gasteiger partial charge in [-0.1, -0.05) is 39.7 Å². The van der Waals surface area contributed by atoms with Gasteiger partial charge in [0.25, 0.3) is 0 Å². The minimum atomic E-state index is 0.100. The molecule has 2 rings (SSSR count). The summed E-state index contributed by atoms with van der Waals surface area (Å²) in [5, 5.41) is 0.708. The summed E-state index contributed by atoms with van der Waals surface area (Å²) < 4.78 is 7.06. The highest BCUT2D eigenvalue weighted by Crippen LogP contribution is 2.37. The van der Waals surface area contributed by atoms with Crippen LogP contribution >= 0.6 is 59.4 Å². The van der Waals surface area contributed by atoms with Crippen molar-refractivity contribution in [1.82, 2.24) is 0 Å². The predicted molar refractivity (Wildman–Crippen MR) is 90.6 cm³/mol. The maximum absolute atomic E-state index is 6.01. The fourth-order valence-electron chi connectivity index (χ4n) is 1.70. The molecule has 0 bridgehead atoms. The van der Waals surface area contributed by atoms with E-state index in [1.54, 1.807) is 7.11 Å². The van der Waals surface area contributed by atoms with Crippen LogP contribution in [0, 0.1) is 0 Å². The number of hydrogen-bond donors (Lipinski definition) is 0. The Bertz CT molecular complexity index is 601. The van der Waals surface area contributed by atoms with Gasteiger partial charge in [-0.15, -0.1) is 0 Å². The van der Waals surface area contributed by atoms with Crippen molar-refractivity contribution in [2.45, 2.75) is 4.83 Å². The minimum absolute atomic E-state index is 0.100. The smallest absolute Gasteiger partial charge is 0.133 e. The first-order valence-corrected chi connectivity index (χ1v) is 8.33. The first-order valence-electron chi connectivity index (χ1n) is 5.45. The molecular formula is C14H10Br3ClO. The quantitative estimate of drug-likeness (QED) is 0.476. The standard InChI is InChI=1S/C14H10Br3ClO/c1-19-13-5-3-9(7-11(13)16)14(17)8-2-4-12(18)10(15)6-8/h2-7,14H,1H3. The lowest BCUT2D eigenvalue weighted by molar-refractivity contribution is 0.412. The largest absolute Gasteiger partial charge is 0.496 e. The summed E-state index contributed by atoms with van der Waals surface area (Å²) in [5.74, 6) is 0.820. The van der Waals surface area contributed by atoms with Crippen molar-refractivity contribution in [2.75, 3.05) is 7.11 Å². The van der Waals surface area contributed by atoms with Gasteiger partial charge in [0.15, 0.2) is 0 Å². The molecule has 0 spiro atoms. The maximum atomic E-state index is 6.01. The highest BCUT2D eigenvalue weighted by Gasteiger charge is 2.13. The van der Waals surface area contributed by atoms with Crippen LogP contribution in [0.1, 0.15) is 16.0 Å². The van der Waals surface area contributed by atoms with Crippen molar-refractivity contribution in [3.8, 4) is 5.75 Å². The Kier molecular flexibility index (Phi) is 5.35. The zero-order chi connectivity index (χ0) is 14.0. The van der Waals surface area contributed by atoms with Crippen LogP contribution in [0.3, 0.4) is 0 Å². The molecule has 0 aromatic heterocycles. The minimum Gasteiger partial charge on any atom is -0.496 e. The third-order valence-electron chi connectivity index (χ3n) is 2.70. The molecule has 0 N–H and O–H groups in total. The highest BCUT2D eigenvalue weighted by atomic mass is 79.9. The number of hydrogen-bond acceptors (Lipinski definition) is 1. The van der Waals surface area contributed by atoms with E-state index in [1.807, 2.05) is 36.4 Å². The van der Waals surface area contributed by atoms with Crippen molar-refractivity contribution in [2.24, 2.45) is 0 Å². The molecule has 19 heavy (non-hydrogen) atoms. The molecule has 0 aliphatic rings. The zero-order valence-corrected chi connectivity index (χ0v) is 15.5. The van der Waals surface area contributed by atoms with Crippen LogP contribution in [0.5, 0.6) is 5.75 Å². The highest BCUT2D eigenvalue weighted by molar-refractivity contribution is 9.11. The molecule has 5 heteroatoms. The Hall–Kier alpha value is -0.0300. The molecule has 2 aromatic rings. The number of methoxy groups -OCH3 is 1. The number of rotatable bonds is 3. The second-order valence-corrected chi connectivity index (χ2v) is 6.96. The van der Waals surface area contributed by atoms with Crippen molar-refractivity contribution >= 4 is 59.4 Å². The number of halogens is 4. The van der Waals surface area contributed by atoms with Crippen LogP contribution < -0.4 is 4.74 Å². The molecule has 2 aromatic carbocycles. The fourth-order valence-corrected chi connectivity index (χ4v) is 3.34. The Morgan fingerprint density at radius 2 is 1.58 bits per heavy atom. The van der Waals surface area contributed by atoms with E-state index in [-0.39, 0.29) is 4.83 Å². The summed E-state index contributed by atoms with van der Waals surface area (Å²) in [6.07, 6.45) is 0. The fraction of sp³-hybridized carbons (Fsp3) is 0.143. The SMILES string of the molecule is COc1ccc(C(Br)c2ccc(Cl)c(Br)c2)cc1Br. The zero-order valence-electron chi connectivity index (χ0n) is 9.96. The Morgan fingerprint density at radius 3 is 2.11 bits per heavy atom. The van der Waals surface area contributed by atoms with E-state index in [2.05, 4.69) is 47.8 Å². The number of alkyl halides is 1. The van der Waals surface area contributed by atoms with Gasteiger partial charge in [0.05, 0.1) is 21.4 Å². The molecule has 0 saturated heterocycles. The van der Waals surface area contributed by atoms with Crippen molar-refractivity contribution in [3.05, 3.63) is 61.5 Å². The molecular weight excluding hydrogens is 459 g/mol. The van der Waals surface area contributed by atoms with E-state index in [4.69, 9.17) is 16.3 Å². The molecule has 1 unspecified atom stereocenters. The van der Waals surface area contributed by atoms with Gasteiger partial charge in [-0.25, -0.2) is 0 Å². The van der Waals surface area contributed by atoms with Crippen LogP contribution in [0.15, 0.2) is 45.3 Å². The van der Waals surface area contributed by atoms with Gasteiger partial charge >= 0.3 is 0 Å². The lowest BCUT2D eigenvalue weighted by Gasteiger charge is -2.13. The lowest BCUT2D eigenvalue weighted by atomic mass is 10.0.